The molecule has 2 rings (SSSR count). The Morgan fingerprint density at radius 2 is 2.14 bits per heavy atom. The zero-order valence-electron chi connectivity index (χ0n) is 12.1. The number of carbonyl (C=O) groups excluding carboxylic acids is 1. The van der Waals surface area contributed by atoms with E-state index in [1.165, 1.54) is 6.42 Å². The van der Waals surface area contributed by atoms with Crippen LogP contribution < -0.4 is 5.32 Å². The monoisotopic (exact) mass is 311 g/mol. The predicted molar refractivity (Wildman–Crippen MR) is 82.2 cm³/mol. The first-order valence-electron chi connectivity index (χ1n) is 7.47. The first-order chi connectivity index (χ1) is 10.1. The maximum atomic E-state index is 11.8. The quantitative estimate of drug-likeness (QED) is 0.849. The van der Waals surface area contributed by atoms with Crippen LogP contribution in [0.1, 0.15) is 43.8 Å². The minimum Gasteiger partial charge on any atom is -0.388 e. The van der Waals surface area contributed by atoms with E-state index in [1.54, 1.807) is 24.3 Å². The molecule has 1 amide bonds. The van der Waals surface area contributed by atoms with Gasteiger partial charge in [-0.05, 0) is 43.4 Å². The second-order valence-corrected chi connectivity index (χ2v) is 5.84. The SMILES string of the molecule is O=C(C[C@@H](O)c1ccc(Cl)cc1)NCC[C@H]1CCCCO1. The number of hydrogen-bond acceptors (Lipinski definition) is 3. The topological polar surface area (TPSA) is 58.6 Å². The molecule has 4 nitrogen and oxygen atoms in total. The second-order valence-electron chi connectivity index (χ2n) is 5.40. The molecule has 1 aliphatic rings. The van der Waals surface area contributed by atoms with Gasteiger partial charge in [0.15, 0.2) is 0 Å². The Morgan fingerprint density at radius 1 is 1.38 bits per heavy atom. The molecule has 1 saturated heterocycles. The van der Waals surface area contributed by atoms with Gasteiger partial charge in [0.25, 0.3) is 0 Å². The van der Waals surface area contributed by atoms with E-state index in [2.05, 4.69) is 5.32 Å². The van der Waals surface area contributed by atoms with E-state index in [0.717, 1.165) is 25.9 Å². The number of carbonyl (C=O) groups is 1. The second kappa shape index (κ2) is 8.37. The summed E-state index contributed by atoms with van der Waals surface area (Å²) in [5, 5.41) is 13.5. The van der Waals surface area contributed by atoms with E-state index >= 15 is 0 Å². The maximum absolute atomic E-state index is 11.8. The Balaban J connectivity index is 1.67. The van der Waals surface area contributed by atoms with E-state index in [9.17, 15) is 9.90 Å². The van der Waals surface area contributed by atoms with Crippen molar-refractivity contribution in [3.8, 4) is 0 Å². The lowest BCUT2D eigenvalue weighted by atomic mass is 10.1. The number of rotatable bonds is 6. The van der Waals surface area contributed by atoms with Crippen LogP contribution in [0.3, 0.4) is 0 Å². The predicted octanol–water partition coefficient (Wildman–Crippen LogP) is 2.84. The van der Waals surface area contributed by atoms with Crippen LogP contribution in [0.15, 0.2) is 24.3 Å². The molecule has 0 unspecified atom stereocenters. The lowest BCUT2D eigenvalue weighted by Gasteiger charge is -2.22. The number of ether oxygens (including phenoxy) is 1. The summed E-state index contributed by atoms with van der Waals surface area (Å²) in [6.45, 7) is 1.42. The summed E-state index contributed by atoms with van der Waals surface area (Å²) in [7, 11) is 0. The molecule has 2 atom stereocenters. The number of hydrogen-bond donors (Lipinski definition) is 2. The Labute approximate surface area is 130 Å². The van der Waals surface area contributed by atoms with Crippen LogP contribution in [0.4, 0.5) is 0 Å². The number of aliphatic hydroxyl groups excluding tert-OH is 1. The molecule has 1 aromatic rings. The minimum absolute atomic E-state index is 0.0627. The normalized spacial score (nSPS) is 20.0. The average molecular weight is 312 g/mol. The standard InChI is InChI=1S/C16H22ClNO3/c17-13-6-4-12(5-7-13)15(19)11-16(20)18-9-8-14-3-1-2-10-21-14/h4-7,14-15,19H,1-3,8-11H2,(H,18,20)/t14-,15-/m1/s1. The van der Waals surface area contributed by atoms with Crippen molar-refractivity contribution in [2.24, 2.45) is 0 Å². The van der Waals surface area contributed by atoms with Gasteiger partial charge in [-0.2, -0.15) is 0 Å². The van der Waals surface area contributed by atoms with Gasteiger partial charge in [0.2, 0.25) is 5.91 Å². The van der Waals surface area contributed by atoms with Crippen LogP contribution in [0.25, 0.3) is 0 Å². The van der Waals surface area contributed by atoms with Crippen molar-refractivity contribution in [2.45, 2.75) is 44.3 Å². The molecule has 0 radical (unpaired) electrons. The van der Waals surface area contributed by atoms with Crippen LogP contribution in [-0.2, 0) is 9.53 Å². The Hall–Kier alpha value is -1.10. The highest BCUT2D eigenvalue weighted by molar-refractivity contribution is 6.30. The molecular weight excluding hydrogens is 290 g/mol. The molecule has 1 aromatic carbocycles. The van der Waals surface area contributed by atoms with Crippen molar-refractivity contribution in [2.75, 3.05) is 13.2 Å². The summed E-state index contributed by atoms with van der Waals surface area (Å²) in [5.74, 6) is -0.145. The fourth-order valence-electron chi connectivity index (χ4n) is 2.46. The average Bonchev–Trinajstić information content (AvgIpc) is 2.49. The van der Waals surface area contributed by atoms with Gasteiger partial charge in [-0.3, -0.25) is 4.79 Å². The number of halogens is 1. The third-order valence-corrected chi connectivity index (χ3v) is 3.95. The summed E-state index contributed by atoms with van der Waals surface area (Å²) >= 11 is 5.79. The summed E-state index contributed by atoms with van der Waals surface area (Å²) in [5.41, 5.74) is 0.699. The molecule has 0 spiro atoms. The lowest BCUT2D eigenvalue weighted by Crippen LogP contribution is -2.30. The number of amides is 1. The zero-order chi connectivity index (χ0) is 15.1. The van der Waals surface area contributed by atoms with Crippen molar-refractivity contribution in [1.82, 2.24) is 5.32 Å². The van der Waals surface area contributed by atoms with Crippen molar-refractivity contribution >= 4 is 17.5 Å². The van der Waals surface area contributed by atoms with Crippen LogP contribution in [0, 0.1) is 0 Å². The van der Waals surface area contributed by atoms with E-state index in [-0.39, 0.29) is 18.4 Å². The highest BCUT2D eigenvalue weighted by Crippen LogP contribution is 2.19. The van der Waals surface area contributed by atoms with Gasteiger partial charge in [-0.25, -0.2) is 0 Å². The largest absolute Gasteiger partial charge is 0.388 e. The molecule has 2 N–H and O–H groups in total. The van der Waals surface area contributed by atoms with Crippen molar-refractivity contribution in [3.63, 3.8) is 0 Å². The maximum Gasteiger partial charge on any atom is 0.222 e. The minimum atomic E-state index is -0.798. The molecule has 0 aliphatic carbocycles. The Kier molecular flexibility index (Phi) is 6.49. The summed E-state index contributed by atoms with van der Waals surface area (Å²) in [6.07, 6.45) is 3.77. The molecule has 0 saturated carbocycles. The Bertz CT molecular complexity index is 443. The molecule has 21 heavy (non-hydrogen) atoms. The highest BCUT2D eigenvalue weighted by atomic mass is 35.5. The number of aliphatic hydroxyl groups is 1. The third-order valence-electron chi connectivity index (χ3n) is 3.70. The molecule has 0 bridgehead atoms. The summed E-state index contributed by atoms with van der Waals surface area (Å²) < 4.78 is 5.61. The lowest BCUT2D eigenvalue weighted by molar-refractivity contribution is -0.123. The first kappa shape index (κ1) is 16.3. The third kappa shape index (κ3) is 5.65. The van der Waals surface area contributed by atoms with Gasteiger partial charge in [0, 0.05) is 18.2 Å². The van der Waals surface area contributed by atoms with Crippen LogP contribution in [-0.4, -0.2) is 30.3 Å². The molecule has 5 heteroatoms. The van der Waals surface area contributed by atoms with Crippen LogP contribution in [0.5, 0.6) is 0 Å². The zero-order valence-corrected chi connectivity index (χ0v) is 12.8. The van der Waals surface area contributed by atoms with E-state index < -0.39 is 6.10 Å². The molecule has 1 fully saturated rings. The van der Waals surface area contributed by atoms with Gasteiger partial charge >= 0.3 is 0 Å². The van der Waals surface area contributed by atoms with Gasteiger partial charge in [-0.15, -0.1) is 0 Å². The molecule has 1 heterocycles. The van der Waals surface area contributed by atoms with Crippen LogP contribution in [0.2, 0.25) is 5.02 Å². The molecular formula is C16H22ClNO3. The van der Waals surface area contributed by atoms with Gasteiger partial charge in [-0.1, -0.05) is 23.7 Å². The summed E-state index contributed by atoms with van der Waals surface area (Å²) in [6, 6.07) is 6.88. The molecule has 0 aromatic heterocycles. The highest BCUT2D eigenvalue weighted by Gasteiger charge is 2.15. The molecule has 1 aliphatic heterocycles. The number of benzene rings is 1. The van der Waals surface area contributed by atoms with Crippen molar-refractivity contribution < 1.29 is 14.6 Å². The van der Waals surface area contributed by atoms with Crippen molar-refractivity contribution in [3.05, 3.63) is 34.9 Å². The van der Waals surface area contributed by atoms with Gasteiger partial charge in [0.05, 0.1) is 18.6 Å². The number of nitrogens with one attached hydrogen (secondary N) is 1. The molecule has 116 valence electrons. The van der Waals surface area contributed by atoms with E-state index in [1.807, 2.05) is 0 Å². The first-order valence-corrected chi connectivity index (χ1v) is 7.85. The van der Waals surface area contributed by atoms with Crippen molar-refractivity contribution in [1.29, 1.82) is 0 Å². The smallest absolute Gasteiger partial charge is 0.222 e. The fraction of sp³-hybridized carbons (Fsp3) is 0.562. The van der Waals surface area contributed by atoms with E-state index in [0.29, 0.717) is 17.1 Å². The van der Waals surface area contributed by atoms with E-state index in [4.69, 9.17) is 16.3 Å². The van der Waals surface area contributed by atoms with Gasteiger partial charge in [0.1, 0.15) is 0 Å². The van der Waals surface area contributed by atoms with Gasteiger partial charge < -0.3 is 15.2 Å². The Morgan fingerprint density at radius 3 is 2.81 bits per heavy atom. The van der Waals surface area contributed by atoms with Crippen LogP contribution >= 0.6 is 11.6 Å². The fourth-order valence-corrected chi connectivity index (χ4v) is 2.58. The summed E-state index contributed by atoms with van der Waals surface area (Å²) in [4.78, 5) is 11.8.